The number of aromatic amines is 1. The molecule has 72 valence electrons. The van der Waals surface area contributed by atoms with Crippen molar-refractivity contribution >= 4 is 5.97 Å². The van der Waals surface area contributed by atoms with Gasteiger partial charge in [0.1, 0.15) is 0 Å². The number of aromatic carboxylic acids is 1. The van der Waals surface area contributed by atoms with Crippen LogP contribution in [0.25, 0.3) is 0 Å². The van der Waals surface area contributed by atoms with Crippen molar-refractivity contribution in [1.82, 2.24) is 10.2 Å². The minimum absolute atomic E-state index is 0.428. The zero-order valence-electron chi connectivity index (χ0n) is 6.44. The van der Waals surface area contributed by atoms with Gasteiger partial charge in [0.15, 0.2) is 17.2 Å². The van der Waals surface area contributed by atoms with Gasteiger partial charge >= 0.3 is 5.97 Å². The van der Waals surface area contributed by atoms with E-state index in [2.05, 4.69) is 5.10 Å². The second kappa shape index (κ2) is 2.75. The SMILES string of the molecule is CC(F)(F)c1n[nH]c(C(=O)O)c1F. The molecule has 1 aromatic heterocycles. The van der Waals surface area contributed by atoms with Gasteiger partial charge in [-0.25, -0.2) is 9.18 Å². The summed E-state index contributed by atoms with van der Waals surface area (Å²) in [5, 5.41) is 12.8. The zero-order valence-corrected chi connectivity index (χ0v) is 6.44. The summed E-state index contributed by atoms with van der Waals surface area (Å²) >= 11 is 0. The van der Waals surface area contributed by atoms with Gasteiger partial charge in [0, 0.05) is 6.92 Å². The second-order valence-electron chi connectivity index (χ2n) is 2.45. The van der Waals surface area contributed by atoms with E-state index < -0.39 is 29.1 Å². The Morgan fingerprint density at radius 2 is 2.15 bits per heavy atom. The predicted molar refractivity (Wildman–Crippen MR) is 35.1 cm³/mol. The average molecular weight is 194 g/mol. The number of hydrogen-bond acceptors (Lipinski definition) is 2. The number of rotatable bonds is 2. The highest BCUT2D eigenvalue weighted by atomic mass is 19.3. The molecule has 1 heterocycles. The number of aromatic nitrogens is 2. The van der Waals surface area contributed by atoms with E-state index in [-0.39, 0.29) is 0 Å². The molecule has 0 saturated heterocycles. The first-order valence-electron chi connectivity index (χ1n) is 3.19. The fourth-order valence-corrected chi connectivity index (χ4v) is 0.761. The molecule has 0 aliphatic carbocycles. The molecule has 4 nitrogen and oxygen atoms in total. The molecule has 0 bridgehead atoms. The lowest BCUT2D eigenvalue weighted by Gasteiger charge is -2.04. The summed E-state index contributed by atoms with van der Waals surface area (Å²) in [6.45, 7) is 0.428. The topological polar surface area (TPSA) is 66.0 Å². The second-order valence-corrected chi connectivity index (χ2v) is 2.45. The quantitative estimate of drug-likeness (QED) is 0.746. The fraction of sp³-hybridized carbons (Fsp3) is 0.333. The molecule has 0 amide bonds. The molecule has 0 aliphatic heterocycles. The van der Waals surface area contributed by atoms with E-state index >= 15 is 0 Å². The summed E-state index contributed by atoms with van der Waals surface area (Å²) in [4.78, 5) is 10.2. The Balaban J connectivity index is 3.22. The molecule has 2 N–H and O–H groups in total. The number of carboxylic acids is 1. The van der Waals surface area contributed by atoms with E-state index in [9.17, 15) is 18.0 Å². The zero-order chi connectivity index (χ0) is 10.2. The van der Waals surface area contributed by atoms with Gasteiger partial charge in [0.2, 0.25) is 0 Å². The van der Waals surface area contributed by atoms with Gasteiger partial charge in [-0.2, -0.15) is 13.9 Å². The summed E-state index contributed by atoms with van der Waals surface area (Å²) in [6.07, 6.45) is 0. The van der Waals surface area contributed by atoms with Gasteiger partial charge in [-0.3, -0.25) is 5.10 Å². The first-order chi connectivity index (χ1) is 5.84. The largest absolute Gasteiger partial charge is 0.476 e. The molecule has 0 unspecified atom stereocenters. The third-order valence-electron chi connectivity index (χ3n) is 1.34. The van der Waals surface area contributed by atoms with Crippen LogP contribution in [0.2, 0.25) is 0 Å². The standard InChI is InChI=1S/C6H5F3N2O2/c1-6(8,9)4-2(7)3(5(12)13)10-11-4/h1H3,(H,10,11)(H,12,13). The van der Waals surface area contributed by atoms with Crippen LogP contribution >= 0.6 is 0 Å². The van der Waals surface area contributed by atoms with Crippen LogP contribution in [-0.4, -0.2) is 21.3 Å². The molecular weight excluding hydrogens is 189 g/mol. The third kappa shape index (κ3) is 1.63. The maximum Gasteiger partial charge on any atom is 0.357 e. The van der Waals surface area contributed by atoms with Gasteiger partial charge in [-0.05, 0) is 0 Å². The van der Waals surface area contributed by atoms with Gasteiger partial charge in [-0.15, -0.1) is 0 Å². The van der Waals surface area contributed by atoms with Crippen LogP contribution < -0.4 is 0 Å². The van der Waals surface area contributed by atoms with Crippen LogP contribution in [-0.2, 0) is 5.92 Å². The molecule has 13 heavy (non-hydrogen) atoms. The number of alkyl halides is 2. The number of nitrogens with zero attached hydrogens (tertiary/aromatic N) is 1. The first kappa shape index (κ1) is 9.56. The smallest absolute Gasteiger partial charge is 0.357 e. The monoisotopic (exact) mass is 194 g/mol. The van der Waals surface area contributed by atoms with Crippen molar-refractivity contribution in [1.29, 1.82) is 0 Å². The van der Waals surface area contributed by atoms with Crippen molar-refractivity contribution in [3.05, 3.63) is 17.2 Å². The Kier molecular flexibility index (Phi) is 2.02. The minimum Gasteiger partial charge on any atom is -0.476 e. The lowest BCUT2D eigenvalue weighted by molar-refractivity contribution is 0.00906. The normalized spacial score (nSPS) is 11.7. The summed E-state index contributed by atoms with van der Waals surface area (Å²) in [7, 11) is 0. The minimum atomic E-state index is -3.49. The molecular formula is C6H5F3N2O2. The van der Waals surface area contributed by atoms with Crippen molar-refractivity contribution in [3.8, 4) is 0 Å². The summed E-state index contributed by atoms with van der Waals surface area (Å²) in [6, 6.07) is 0. The van der Waals surface area contributed by atoms with Gasteiger partial charge in [-0.1, -0.05) is 0 Å². The van der Waals surface area contributed by atoms with E-state index in [1.54, 1.807) is 5.10 Å². The van der Waals surface area contributed by atoms with Gasteiger partial charge < -0.3 is 5.11 Å². The van der Waals surface area contributed by atoms with Crippen molar-refractivity contribution in [3.63, 3.8) is 0 Å². The molecule has 0 atom stereocenters. The van der Waals surface area contributed by atoms with E-state index in [4.69, 9.17) is 5.11 Å². The van der Waals surface area contributed by atoms with Crippen molar-refractivity contribution in [2.45, 2.75) is 12.8 Å². The number of hydrogen-bond donors (Lipinski definition) is 2. The highest BCUT2D eigenvalue weighted by Gasteiger charge is 2.34. The van der Waals surface area contributed by atoms with E-state index in [1.165, 1.54) is 0 Å². The highest BCUT2D eigenvalue weighted by molar-refractivity contribution is 5.85. The first-order valence-corrected chi connectivity index (χ1v) is 3.19. The average Bonchev–Trinajstić information content (AvgIpc) is 2.28. The number of carbonyl (C=O) groups is 1. The van der Waals surface area contributed by atoms with Crippen LogP contribution in [0, 0.1) is 5.82 Å². The van der Waals surface area contributed by atoms with Crippen LogP contribution in [0.1, 0.15) is 23.1 Å². The molecule has 0 radical (unpaired) electrons. The Labute approximate surface area is 70.4 Å². The van der Waals surface area contributed by atoms with Crippen LogP contribution in [0.5, 0.6) is 0 Å². The predicted octanol–water partition coefficient (Wildman–Crippen LogP) is 1.36. The van der Waals surface area contributed by atoms with E-state index in [0.29, 0.717) is 6.92 Å². The highest BCUT2D eigenvalue weighted by Crippen LogP contribution is 2.28. The van der Waals surface area contributed by atoms with Crippen molar-refractivity contribution < 1.29 is 23.1 Å². The third-order valence-corrected chi connectivity index (χ3v) is 1.34. The van der Waals surface area contributed by atoms with E-state index in [0.717, 1.165) is 0 Å². The number of H-pyrrole nitrogens is 1. The number of nitrogens with one attached hydrogen (secondary N) is 1. The molecule has 0 aliphatic rings. The van der Waals surface area contributed by atoms with Crippen LogP contribution in [0.3, 0.4) is 0 Å². The van der Waals surface area contributed by atoms with Gasteiger partial charge in [0.25, 0.3) is 5.92 Å². The maximum absolute atomic E-state index is 12.8. The van der Waals surface area contributed by atoms with Crippen molar-refractivity contribution in [2.24, 2.45) is 0 Å². The lowest BCUT2D eigenvalue weighted by Crippen LogP contribution is -2.10. The Morgan fingerprint density at radius 1 is 1.62 bits per heavy atom. The van der Waals surface area contributed by atoms with E-state index in [1.807, 2.05) is 0 Å². The fourth-order valence-electron chi connectivity index (χ4n) is 0.761. The summed E-state index contributed by atoms with van der Waals surface area (Å²) in [5.41, 5.74) is -2.15. The molecule has 7 heteroatoms. The lowest BCUT2D eigenvalue weighted by atomic mass is 10.2. The van der Waals surface area contributed by atoms with Gasteiger partial charge in [0.05, 0.1) is 0 Å². The summed E-state index contributed by atoms with van der Waals surface area (Å²) < 4.78 is 37.8. The molecule has 1 rings (SSSR count). The molecule has 1 aromatic rings. The van der Waals surface area contributed by atoms with Crippen LogP contribution in [0.4, 0.5) is 13.2 Å². The molecule has 0 saturated carbocycles. The Bertz CT molecular complexity index is 342. The van der Waals surface area contributed by atoms with Crippen molar-refractivity contribution in [2.75, 3.05) is 0 Å². The Hall–Kier alpha value is -1.53. The van der Waals surface area contributed by atoms with Crippen LogP contribution in [0.15, 0.2) is 0 Å². The maximum atomic E-state index is 12.8. The number of halogens is 3. The Morgan fingerprint density at radius 3 is 2.38 bits per heavy atom. The molecule has 0 fully saturated rings. The molecule has 0 aromatic carbocycles. The number of carboxylic acid groups (broad SMARTS) is 1. The summed E-state index contributed by atoms with van der Waals surface area (Å²) in [5.74, 6) is -6.69. The molecule has 0 spiro atoms.